The van der Waals surface area contributed by atoms with Crippen LogP contribution in [0.15, 0.2) is 12.4 Å². The van der Waals surface area contributed by atoms with Crippen LogP contribution in [0.1, 0.15) is 25.1 Å². The molecule has 0 spiro atoms. The number of aromatic nitrogens is 2. The van der Waals surface area contributed by atoms with E-state index in [1.54, 1.807) is 12.4 Å². The topological polar surface area (TPSA) is 55.0 Å². The second-order valence-electron chi connectivity index (χ2n) is 4.08. The highest BCUT2D eigenvalue weighted by molar-refractivity contribution is 5.30. The van der Waals surface area contributed by atoms with E-state index in [0.717, 1.165) is 18.8 Å². The summed E-state index contributed by atoms with van der Waals surface area (Å²) in [6, 6.07) is 0. The second kappa shape index (κ2) is 5.07. The average Bonchev–Trinajstić information content (AvgIpc) is 2.30. The Morgan fingerprint density at radius 2 is 1.80 bits per heavy atom. The van der Waals surface area contributed by atoms with E-state index in [0.29, 0.717) is 5.69 Å². The maximum absolute atomic E-state index is 5.53. The zero-order valence-electron chi connectivity index (χ0n) is 9.02. The summed E-state index contributed by atoms with van der Waals surface area (Å²) in [5.74, 6) is 0.898. The molecule has 2 rings (SSSR count). The molecular formula is C11H18N4. The fourth-order valence-electron chi connectivity index (χ4n) is 1.93. The highest BCUT2D eigenvalue weighted by atomic mass is 15.1. The molecule has 1 saturated heterocycles. The Labute approximate surface area is 90.5 Å². The minimum Gasteiger partial charge on any atom is -0.396 e. The van der Waals surface area contributed by atoms with Crippen molar-refractivity contribution in [2.75, 3.05) is 25.4 Å². The number of piperidine rings is 1. The number of hydrogen-bond donors (Lipinski definition) is 1. The van der Waals surface area contributed by atoms with Crippen LogP contribution in [0.4, 0.5) is 5.69 Å². The highest BCUT2D eigenvalue weighted by Gasteiger charge is 2.09. The first-order chi connectivity index (χ1) is 7.34. The normalized spacial score (nSPS) is 17.9. The molecule has 0 amide bonds. The summed E-state index contributed by atoms with van der Waals surface area (Å²) in [6.45, 7) is 3.54. The minimum atomic E-state index is 0.636. The van der Waals surface area contributed by atoms with Gasteiger partial charge in [0.25, 0.3) is 0 Å². The summed E-state index contributed by atoms with van der Waals surface area (Å²) in [7, 11) is 0. The number of rotatable bonds is 3. The molecule has 0 aliphatic carbocycles. The molecule has 0 atom stereocenters. The Morgan fingerprint density at radius 3 is 2.47 bits per heavy atom. The molecule has 1 aromatic heterocycles. The summed E-state index contributed by atoms with van der Waals surface area (Å²) < 4.78 is 0. The largest absolute Gasteiger partial charge is 0.396 e. The van der Waals surface area contributed by atoms with E-state index in [1.165, 1.54) is 32.4 Å². The number of nitrogens with two attached hydrogens (primary N) is 1. The summed E-state index contributed by atoms with van der Waals surface area (Å²) in [5, 5.41) is 0. The van der Waals surface area contributed by atoms with Crippen LogP contribution in [-0.4, -0.2) is 34.5 Å². The van der Waals surface area contributed by atoms with Crippen molar-refractivity contribution >= 4 is 5.69 Å². The monoisotopic (exact) mass is 206 g/mol. The first-order valence-corrected chi connectivity index (χ1v) is 5.63. The smallest absolute Gasteiger partial charge is 0.129 e. The SMILES string of the molecule is Nc1cnc(CCN2CCCCC2)nc1. The molecule has 2 N–H and O–H groups in total. The zero-order valence-corrected chi connectivity index (χ0v) is 9.02. The van der Waals surface area contributed by atoms with Crippen molar-refractivity contribution in [3.8, 4) is 0 Å². The minimum absolute atomic E-state index is 0.636. The summed E-state index contributed by atoms with van der Waals surface area (Å²) in [4.78, 5) is 10.9. The molecule has 15 heavy (non-hydrogen) atoms. The van der Waals surface area contributed by atoms with Crippen molar-refractivity contribution in [1.82, 2.24) is 14.9 Å². The van der Waals surface area contributed by atoms with Crippen LogP contribution in [0.3, 0.4) is 0 Å². The molecule has 4 heteroatoms. The lowest BCUT2D eigenvalue weighted by molar-refractivity contribution is 0.230. The van der Waals surface area contributed by atoms with Gasteiger partial charge in [-0.2, -0.15) is 0 Å². The molecule has 1 aliphatic heterocycles. The Morgan fingerprint density at radius 1 is 1.13 bits per heavy atom. The molecule has 0 radical (unpaired) electrons. The lowest BCUT2D eigenvalue weighted by Crippen LogP contribution is -2.31. The predicted molar refractivity (Wildman–Crippen MR) is 60.4 cm³/mol. The number of anilines is 1. The molecule has 0 bridgehead atoms. The Balaban J connectivity index is 1.79. The van der Waals surface area contributed by atoms with Crippen molar-refractivity contribution in [1.29, 1.82) is 0 Å². The molecular weight excluding hydrogens is 188 g/mol. The van der Waals surface area contributed by atoms with Gasteiger partial charge in [-0.1, -0.05) is 6.42 Å². The maximum atomic E-state index is 5.53. The van der Waals surface area contributed by atoms with Gasteiger partial charge in [0.2, 0.25) is 0 Å². The standard InChI is InChI=1S/C11H18N4/c12-10-8-13-11(14-9-10)4-7-15-5-2-1-3-6-15/h8-9H,1-7,12H2. The number of nitrogen functional groups attached to an aromatic ring is 1. The van der Waals surface area contributed by atoms with Crippen molar-refractivity contribution in [3.05, 3.63) is 18.2 Å². The lowest BCUT2D eigenvalue weighted by Gasteiger charge is -2.25. The van der Waals surface area contributed by atoms with E-state index in [1.807, 2.05) is 0 Å². The molecule has 2 heterocycles. The van der Waals surface area contributed by atoms with Crippen LogP contribution in [-0.2, 0) is 6.42 Å². The van der Waals surface area contributed by atoms with Crippen molar-refractivity contribution in [2.24, 2.45) is 0 Å². The Hall–Kier alpha value is -1.16. The van der Waals surface area contributed by atoms with Crippen molar-refractivity contribution in [3.63, 3.8) is 0 Å². The van der Waals surface area contributed by atoms with Gasteiger partial charge in [0, 0.05) is 13.0 Å². The first-order valence-electron chi connectivity index (χ1n) is 5.63. The second-order valence-corrected chi connectivity index (χ2v) is 4.08. The molecule has 0 unspecified atom stereocenters. The summed E-state index contributed by atoms with van der Waals surface area (Å²) in [5.41, 5.74) is 6.17. The zero-order chi connectivity index (χ0) is 10.5. The van der Waals surface area contributed by atoms with E-state index >= 15 is 0 Å². The van der Waals surface area contributed by atoms with Crippen molar-refractivity contribution < 1.29 is 0 Å². The van der Waals surface area contributed by atoms with Gasteiger partial charge in [-0.15, -0.1) is 0 Å². The van der Waals surface area contributed by atoms with Crippen LogP contribution in [0.25, 0.3) is 0 Å². The van der Waals surface area contributed by atoms with Gasteiger partial charge in [-0.25, -0.2) is 9.97 Å². The van der Waals surface area contributed by atoms with Gasteiger partial charge in [0.1, 0.15) is 5.82 Å². The fraction of sp³-hybridized carbons (Fsp3) is 0.636. The van der Waals surface area contributed by atoms with Crippen LogP contribution in [0.2, 0.25) is 0 Å². The van der Waals surface area contributed by atoms with E-state index in [2.05, 4.69) is 14.9 Å². The molecule has 0 aromatic carbocycles. The Kier molecular flexibility index (Phi) is 3.50. The number of likely N-dealkylation sites (tertiary alicyclic amines) is 1. The average molecular weight is 206 g/mol. The van der Waals surface area contributed by atoms with E-state index in [-0.39, 0.29) is 0 Å². The molecule has 1 aromatic rings. The Bertz CT molecular complexity index is 290. The predicted octanol–water partition coefficient (Wildman–Crippen LogP) is 1.09. The van der Waals surface area contributed by atoms with E-state index in [4.69, 9.17) is 5.73 Å². The van der Waals surface area contributed by atoms with Gasteiger partial charge >= 0.3 is 0 Å². The maximum Gasteiger partial charge on any atom is 0.129 e. The summed E-state index contributed by atoms with van der Waals surface area (Å²) >= 11 is 0. The van der Waals surface area contributed by atoms with Gasteiger partial charge in [0.15, 0.2) is 0 Å². The molecule has 1 fully saturated rings. The third kappa shape index (κ3) is 3.16. The molecule has 1 aliphatic rings. The quantitative estimate of drug-likeness (QED) is 0.804. The van der Waals surface area contributed by atoms with Gasteiger partial charge in [0.05, 0.1) is 18.1 Å². The molecule has 4 nitrogen and oxygen atoms in total. The fourth-order valence-corrected chi connectivity index (χ4v) is 1.93. The highest BCUT2D eigenvalue weighted by Crippen LogP contribution is 2.08. The van der Waals surface area contributed by atoms with Crippen molar-refractivity contribution in [2.45, 2.75) is 25.7 Å². The van der Waals surface area contributed by atoms with Crippen LogP contribution in [0, 0.1) is 0 Å². The third-order valence-electron chi connectivity index (χ3n) is 2.83. The van der Waals surface area contributed by atoms with Crippen LogP contribution >= 0.6 is 0 Å². The van der Waals surface area contributed by atoms with Crippen LogP contribution < -0.4 is 5.73 Å². The van der Waals surface area contributed by atoms with Gasteiger partial charge < -0.3 is 10.6 Å². The summed E-state index contributed by atoms with van der Waals surface area (Å²) in [6.07, 6.45) is 8.34. The molecule has 0 saturated carbocycles. The van der Waals surface area contributed by atoms with Crippen LogP contribution in [0.5, 0.6) is 0 Å². The van der Waals surface area contributed by atoms with E-state index < -0.39 is 0 Å². The third-order valence-corrected chi connectivity index (χ3v) is 2.83. The number of nitrogens with zero attached hydrogens (tertiary/aromatic N) is 3. The molecule has 82 valence electrons. The number of hydrogen-bond acceptors (Lipinski definition) is 4. The van der Waals surface area contributed by atoms with Gasteiger partial charge in [-0.3, -0.25) is 0 Å². The first kappa shape index (κ1) is 10.4. The lowest BCUT2D eigenvalue weighted by atomic mass is 10.1. The van der Waals surface area contributed by atoms with E-state index in [9.17, 15) is 0 Å². The van der Waals surface area contributed by atoms with Gasteiger partial charge in [-0.05, 0) is 25.9 Å².